The zero-order chi connectivity index (χ0) is 16.2. The average molecular weight is 310 g/mol. The smallest absolute Gasteiger partial charge is 0.246 e. The molecule has 1 amide bonds. The number of amides is 1. The molecule has 1 aliphatic heterocycles. The number of nitrogens with one attached hydrogen (secondary N) is 2. The van der Waals surface area contributed by atoms with Crippen molar-refractivity contribution in [3.63, 3.8) is 0 Å². The van der Waals surface area contributed by atoms with Crippen molar-refractivity contribution in [3.05, 3.63) is 30.7 Å². The highest BCUT2D eigenvalue weighted by atomic mass is 16.2. The molecule has 118 valence electrons. The van der Waals surface area contributed by atoms with E-state index in [1.807, 2.05) is 0 Å². The number of nitriles is 1. The third-order valence-corrected chi connectivity index (χ3v) is 4.07. The number of H-pyrrole nitrogens is 1. The predicted molar refractivity (Wildman–Crippen MR) is 86.6 cm³/mol. The van der Waals surface area contributed by atoms with Gasteiger partial charge in [-0.1, -0.05) is 6.58 Å². The Labute approximate surface area is 134 Å². The molecular formula is C16H18N6O. The van der Waals surface area contributed by atoms with Crippen LogP contribution in [0.25, 0.3) is 11.0 Å². The summed E-state index contributed by atoms with van der Waals surface area (Å²) < 4.78 is 0. The van der Waals surface area contributed by atoms with E-state index in [1.54, 1.807) is 11.1 Å². The van der Waals surface area contributed by atoms with Gasteiger partial charge in [0.15, 0.2) is 0 Å². The van der Waals surface area contributed by atoms with E-state index >= 15 is 0 Å². The van der Waals surface area contributed by atoms with E-state index in [9.17, 15) is 4.79 Å². The van der Waals surface area contributed by atoms with Crippen molar-refractivity contribution in [2.45, 2.75) is 25.3 Å². The molecule has 2 N–H and O–H groups in total. The fourth-order valence-corrected chi connectivity index (χ4v) is 2.98. The van der Waals surface area contributed by atoms with Crippen LogP contribution >= 0.6 is 0 Å². The van der Waals surface area contributed by atoms with Crippen molar-refractivity contribution in [2.75, 3.05) is 18.4 Å². The molecular weight excluding hydrogens is 292 g/mol. The van der Waals surface area contributed by atoms with E-state index in [-0.39, 0.29) is 11.9 Å². The van der Waals surface area contributed by atoms with Crippen LogP contribution in [0.5, 0.6) is 0 Å². The quantitative estimate of drug-likeness (QED) is 0.836. The number of rotatable bonds is 4. The Morgan fingerprint density at radius 3 is 3.26 bits per heavy atom. The summed E-state index contributed by atoms with van der Waals surface area (Å²) in [5.74, 6) is 0.663. The van der Waals surface area contributed by atoms with Crippen molar-refractivity contribution in [1.29, 1.82) is 5.26 Å². The number of carbonyl (C=O) groups is 1. The van der Waals surface area contributed by atoms with Gasteiger partial charge in [0, 0.05) is 25.3 Å². The molecule has 0 aliphatic carbocycles. The van der Waals surface area contributed by atoms with E-state index in [1.165, 1.54) is 12.4 Å². The summed E-state index contributed by atoms with van der Waals surface area (Å²) >= 11 is 0. The zero-order valence-electron chi connectivity index (χ0n) is 12.7. The van der Waals surface area contributed by atoms with E-state index in [2.05, 4.69) is 32.9 Å². The maximum Gasteiger partial charge on any atom is 0.246 e. The lowest BCUT2D eigenvalue weighted by Gasteiger charge is -2.32. The van der Waals surface area contributed by atoms with E-state index < -0.39 is 0 Å². The molecule has 7 nitrogen and oxygen atoms in total. The lowest BCUT2D eigenvalue weighted by atomic mass is 10.1. The molecule has 0 aromatic carbocycles. The first kappa shape index (κ1) is 15.0. The van der Waals surface area contributed by atoms with E-state index in [0.717, 1.165) is 30.3 Å². The van der Waals surface area contributed by atoms with Crippen LogP contribution in [0.1, 0.15) is 18.4 Å². The molecule has 0 saturated carbocycles. The Morgan fingerprint density at radius 2 is 2.48 bits per heavy atom. The number of aromatic amines is 1. The lowest BCUT2D eigenvalue weighted by Crippen LogP contribution is -2.44. The molecule has 7 heteroatoms. The molecule has 0 spiro atoms. The van der Waals surface area contributed by atoms with Gasteiger partial charge in [0.25, 0.3) is 0 Å². The molecule has 23 heavy (non-hydrogen) atoms. The minimum atomic E-state index is -0.0452. The number of hydrogen-bond donors (Lipinski definition) is 2. The Hall–Kier alpha value is -2.88. The van der Waals surface area contributed by atoms with Crippen LogP contribution in [0, 0.1) is 11.3 Å². The van der Waals surface area contributed by atoms with Gasteiger partial charge in [0.05, 0.1) is 17.9 Å². The van der Waals surface area contributed by atoms with Gasteiger partial charge in [-0.15, -0.1) is 0 Å². The summed E-state index contributed by atoms with van der Waals surface area (Å²) in [6.07, 6.45) is 6.83. The Morgan fingerprint density at radius 1 is 1.61 bits per heavy atom. The van der Waals surface area contributed by atoms with Crippen LogP contribution in [0.4, 0.5) is 5.82 Å². The summed E-state index contributed by atoms with van der Waals surface area (Å²) in [5.41, 5.74) is 1.59. The van der Waals surface area contributed by atoms with Crippen LogP contribution in [-0.2, 0) is 11.2 Å². The number of piperidine rings is 1. The molecule has 3 rings (SSSR count). The minimum absolute atomic E-state index is 0.0452. The number of carbonyl (C=O) groups excluding carboxylic acids is 1. The van der Waals surface area contributed by atoms with Gasteiger partial charge in [-0.05, 0) is 24.5 Å². The monoisotopic (exact) mass is 310 g/mol. The van der Waals surface area contributed by atoms with Crippen LogP contribution in [0.15, 0.2) is 25.2 Å². The number of aromatic nitrogens is 3. The van der Waals surface area contributed by atoms with Gasteiger partial charge in [-0.2, -0.15) is 5.26 Å². The first-order valence-electron chi connectivity index (χ1n) is 7.58. The Kier molecular flexibility index (Phi) is 4.24. The minimum Gasteiger partial charge on any atom is -0.365 e. The molecule has 1 aliphatic rings. The second kappa shape index (κ2) is 6.48. The molecule has 0 radical (unpaired) electrons. The van der Waals surface area contributed by atoms with Gasteiger partial charge < -0.3 is 15.2 Å². The van der Waals surface area contributed by atoms with Crippen LogP contribution in [0.2, 0.25) is 0 Å². The molecule has 1 atom stereocenters. The van der Waals surface area contributed by atoms with Gasteiger partial charge in [-0.25, -0.2) is 9.97 Å². The first-order chi connectivity index (χ1) is 11.2. The maximum absolute atomic E-state index is 11.8. The highest BCUT2D eigenvalue weighted by Gasteiger charge is 2.23. The summed E-state index contributed by atoms with van der Waals surface area (Å²) in [5, 5.41) is 13.2. The summed E-state index contributed by atoms with van der Waals surface area (Å²) in [4.78, 5) is 25.2. The number of nitrogens with zero attached hydrogens (tertiary/aromatic N) is 4. The standard InChI is InChI=1S/C16H18N6O/c1-2-13(23)22-7-3-4-12(9-22)21-16-14-11(5-6-17)8-18-15(14)19-10-20-16/h2,8,10,12H,1,3-5,7,9H2,(H2,18,19,20,21). The first-order valence-corrected chi connectivity index (χ1v) is 7.58. The zero-order valence-corrected chi connectivity index (χ0v) is 12.7. The van der Waals surface area contributed by atoms with E-state index in [0.29, 0.717) is 24.4 Å². The molecule has 0 bridgehead atoms. The van der Waals surface area contributed by atoms with Crippen LogP contribution < -0.4 is 5.32 Å². The van der Waals surface area contributed by atoms with Crippen molar-refractivity contribution in [1.82, 2.24) is 19.9 Å². The fourth-order valence-electron chi connectivity index (χ4n) is 2.98. The number of likely N-dealkylation sites (tertiary alicyclic amines) is 1. The molecule has 1 saturated heterocycles. The summed E-state index contributed by atoms with van der Waals surface area (Å²) in [6.45, 7) is 4.92. The third-order valence-electron chi connectivity index (χ3n) is 4.07. The summed E-state index contributed by atoms with van der Waals surface area (Å²) in [6, 6.07) is 2.28. The van der Waals surface area contributed by atoms with Gasteiger partial charge >= 0.3 is 0 Å². The Bertz CT molecular complexity index is 774. The second-order valence-corrected chi connectivity index (χ2v) is 5.57. The number of hydrogen-bond acceptors (Lipinski definition) is 5. The highest BCUT2D eigenvalue weighted by Crippen LogP contribution is 2.25. The molecule has 1 fully saturated rings. The predicted octanol–water partition coefficient (Wildman–Crippen LogP) is 1.61. The normalized spacial score (nSPS) is 17.7. The second-order valence-electron chi connectivity index (χ2n) is 5.57. The van der Waals surface area contributed by atoms with Crippen molar-refractivity contribution < 1.29 is 4.79 Å². The number of fused-ring (bicyclic) bond motifs is 1. The third kappa shape index (κ3) is 3.01. The van der Waals surface area contributed by atoms with Gasteiger partial charge in [0.2, 0.25) is 5.91 Å². The molecule has 1 unspecified atom stereocenters. The van der Waals surface area contributed by atoms with Crippen molar-refractivity contribution in [2.24, 2.45) is 0 Å². The molecule has 2 aromatic rings. The van der Waals surface area contributed by atoms with Crippen molar-refractivity contribution >= 4 is 22.8 Å². The summed E-state index contributed by atoms with van der Waals surface area (Å²) in [7, 11) is 0. The largest absolute Gasteiger partial charge is 0.365 e. The van der Waals surface area contributed by atoms with Crippen LogP contribution in [0.3, 0.4) is 0 Å². The topological polar surface area (TPSA) is 97.7 Å². The average Bonchev–Trinajstić information content (AvgIpc) is 2.99. The fraction of sp³-hybridized carbons (Fsp3) is 0.375. The van der Waals surface area contributed by atoms with Gasteiger partial charge in [-0.3, -0.25) is 4.79 Å². The maximum atomic E-state index is 11.8. The number of anilines is 1. The molecule has 3 heterocycles. The SMILES string of the molecule is C=CC(=O)N1CCCC(Nc2ncnc3[nH]cc(CC#N)c23)C1. The van der Waals surface area contributed by atoms with Gasteiger partial charge in [0.1, 0.15) is 17.8 Å². The lowest BCUT2D eigenvalue weighted by molar-refractivity contribution is -0.127. The highest BCUT2D eigenvalue weighted by molar-refractivity contribution is 5.91. The Balaban J connectivity index is 1.84. The van der Waals surface area contributed by atoms with Crippen molar-refractivity contribution in [3.8, 4) is 6.07 Å². The molecule has 2 aromatic heterocycles. The van der Waals surface area contributed by atoms with E-state index in [4.69, 9.17) is 5.26 Å². The van der Waals surface area contributed by atoms with Crippen LogP contribution in [-0.4, -0.2) is 44.9 Å².